The molecule has 1 fully saturated rings. The van der Waals surface area contributed by atoms with Crippen molar-refractivity contribution in [3.05, 3.63) is 76.7 Å². The predicted molar refractivity (Wildman–Crippen MR) is 124 cm³/mol. The Morgan fingerprint density at radius 3 is 2.58 bits per heavy atom. The Morgan fingerprint density at radius 2 is 1.88 bits per heavy atom. The van der Waals surface area contributed by atoms with Gasteiger partial charge in [0.25, 0.3) is 0 Å². The first kappa shape index (κ1) is 22.8. The molecular formula is C25H29FN4O3. The van der Waals surface area contributed by atoms with Gasteiger partial charge in [-0.15, -0.1) is 0 Å². The van der Waals surface area contributed by atoms with Gasteiger partial charge in [-0.3, -0.25) is 4.90 Å². The number of hydrogen-bond donors (Lipinski definition) is 2. The zero-order valence-electron chi connectivity index (χ0n) is 18.9. The molecule has 4 rings (SSSR count). The lowest BCUT2D eigenvalue weighted by atomic mass is 9.94. The van der Waals surface area contributed by atoms with Gasteiger partial charge in [0.2, 0.25) is 0 Å². The van der Waals surface area contributed by atoms with E-state index in [1.165, 1.54) is 23.4 Å². The first-order chi connectivity index (χ1) is 15.9. The monoisotopic (exact) mass is 452 g/mol. The van der Waals surface area contributed by atoms with Crippen molar-refractivity contribution in [1.82, 2.24) is 15.5 Å². The van der Waals surface area contributed by atoms with Gasteiger partial charge >= 0.3 is 12.0 Å². The van der Waals surface area contributed by atoms with E-state index < -0.39 is 23.9 Å². The number of rotatable bonds is 6. The number of halogens is 1. The summed E-state index contributed by atoms with van der Waals surface area (Å²) in [6, 6.07) is 13.1. The van der Waals surface area contributed by atoms with Crippen molar-refractivity contribution < 1.29 is 18.7 Å². The van der Waals surface area contributed by atoms with E-state index in [0.29, 0.717) is 23.4 Å². The molecule has 2 aliphatic rings. The van der Waals surface area contributed by atoms with Crippen molar-refractivity contribution in [2.45, 2.75) is 19.9 Å². The fraction of sp³-hybridized carbons (Fsp3) is 0.360. The quantitative estimate of drug-likeness (QED) is 0.659. The van der Waals surface area contributed by atoms with Gasteiger partial charge in [-0.05, 0) is 49.2 Å². The van der Waals surface area contributed by atoms with Crippen LogP contribution in [0.5, 0.6) is 0 Å². The Morgan fingerprint density at radius 1 is 1.12 bits per heavy atom. The third-order valence-electron chi connectivity index (χ3n) is 5.95. The molecule has 1 unspecified atom stereocenters. The number of carbonyl (C=O) groups excluding carboxylic acids is 2. The molecule has 0 aromatic heterocycles. The average Bonchev–Trinajstić information content (AvgIpc) is 2.79. The van der Waals surface area contributed by atoms with Gasteiger partial charge in [0.05, 0.1) is 18.2 Å². The third kappa shape index (κ3) is 5.34. The van der Waals surface area contributed by atoms with E-state index in [9.17, 15) is 14.0 Å². The van der Waals surface area contributed by atoms with Crippen molar-refractivity contribution in [2.75, 3.05) is 44.2 Å². The molecule has 2 N–H and O–H groups in total. The molecule has 174 valence electrons. The van der Waals surface area contributed by atoms with Crippen LogP contribution in [0.3, 0.4) is 0 Å². The zero-order chi connectivity index (χ0) is 23.4. The summed E-state index contributed by atoms with van der Waals surface area (Å²) in [5.74, 6) is -0.954. The number of aryl methyl sites for hydroxylation is 1. The summed E-state index contributed by atoms with van der Waals surface area (Å²) >= 11 is 0. The number of piperazine rings is 1. The Kier molecular flexibility index (Phi) is 6.93. The SMILES string of the molecule is CCOC(=O)C1=C(CN2CCN(c3cccc(C)c3)CC2)NC(=O)NC1c1cccc(F)c1. The van der Waals surface area contributed by atoms with E-state index in [1.807, 2.05) is 0 Å². The molecule has 2 aromatic rings. The van der Waals surface area contributed by atoms with E-state index >= 15 is 0 Å². The molecule has 1 saturated heterocycles. The maximum absolute atomic E-state index is 13.9. The molecule has 0 saturated carbocycles. The van der Waals surface area contributed by atoms with E-state index in [-0.39, 0.29) is 6.61 Å². The number of amides is 2. The van der Waals surface area contributed by atoms with E-state index in [4.69, 9.17) is 4.74 Å². The number of ether oxygens (including phenoxy) is 1. The van der Waals surface area contributed by atoms with Crippen LogP contribution in [0.25, 0.3) is 0 Å². The molecule has 0 aliphatic carbocycles. The summed E-state index contributed by atoms with van der Waals surface area (Å²) in [7, 11) is 0. The third-order valence-corrected chi connectivity index (χ3v) is 5.95. The first-order valence-electron chi connectivity index (χ1n) is 11.2. The standard InChI is InChI=1S/C25H29FN4O3/c1-3-33-24(31)22-21(27-25(32)28-23(22)18-7-5-8-19(26)15-18)16-29-10-12-30(13-11-29)20-9-4-6-17(2)14-20/h4-9,14-15,23H,3,10-13,16H2,1-2H3,(H2,27,28,32). The van der Waals surface area contributed by atoms with Gasteiger partial charge in [-0.2, -0.15) is 0 Å². The lowest BCUT2D eigenvalue weighted by molar-refractivity contribution is -0.139. The molecule has 1 atom stereocenters. The fourth-order valence-corrected chi connectivity index (χ4v) is 4.34. The van der Waals surface area contributed by atoms with Crippen LogP contribution in [0.15, 0.2) is 59.8 Å². The van der Waals surface area contributed by atoms with Crippen molar-refractivity contribution >= 4 is 17.7 Å². The van der Waals surface area contributed by atoms with Gasteiger partial charge in [-0.1, -0.05) is 24.3 Å². The van der Waals surface area contributed by atoms with Gasteiger partial charge in [-0.25, -0.2) is 14.0 Å². The van der Waals surface area contributed by atoms with Crippen LogP contribution < -0.4 is 15.5 Å². The Balaban J connectivity index is 1.56. The smallest absolute Gasteiger partial charge is 0.338 e. The second-order valence-electron chi connectivity index (χ2n) is 8.30. The number of anilines is 1. The Bertz CT molecular complexity index is 1060. The summed E-state index contributed by atoms with van der Waals surface area (Å²) in [4.78, 5) is 29.9. The number of nitrogens with one attached hydrogen (secondary N) is 2. The summed E-state index contributed by atoms with van der Waals surface area (Å²) in [6.45, 7) is 7.65. The van der Waals surface area contributed by atoms with Crippen molar-refractivity contribution in [2.24, 2.45) is 0 Å². The van der Waals surface area contributed by atoms with Crippen LogP contribution in [-0.2, 0) is 9.53 Å². The molecule has 2 amide bonds. The van der Waals surface area contributed by atoms with Crippen LogP contribution in [0.4, 0.5) is 14.9 Å². The van der Waals surface area contributed by atoms with Crippen LogP contribution >= 0.6 is 0 Å². The van der Waals surface area contributed by atoms with Crippen LogP contribution in [0, 0.1) is 12.7 Å². The van der Waals surface area contributed by atoms with Crippen LogP contribution in [0.1, 0.15) is 24.1 Å². The lowest BCUT2D eigenvalue weighted by Gasteiger charge is -2.38. The number of hydrogen-bond acceptors (Lipinski definition) is 5. The highest BCUT2D eigenvalue weighted by Crippen LogP contribution is 2.29. The van der Waals surface area contributed by atoms with E-state index in [1.54, 1.807) is 19.1 Å². The maximum atomic E-state index is 13.9. The molecule has 33 heavy (non-hydrogen) atoms. The molecule has 7 nitrogen and oxygen atoms in total. The topological polar surface area (TPSA) is 73.9 Å². The van der Waals surface area contributed by atoms with Crippen LogP contribution in [-0.4, -0.2) is 56.2 Å². The van der Waals surface area contributed by atoms with Gasteiger partial charge in [0.1, 0.15) is 5.82 Å². The Labute approximate surface area is 193 Å². The molecular weight excluding hydrogens is 423 g/mol. The van der Waals surface area contributed by atoms with Crippen molar-refractivity contribution in [3.63, 3.8) is 0 Å². The molecule has 8 heteroatoms. The summed E-state index contributed by atoms with van der Waals surface area (Å²) < 4.78 is 19.2. The normalized spacial score (nSPS) is 19.2. The second kappa shape index (κ2) is 10.0. The molecule has 0 bridgehead atoms. The van der Waals surface area contributed by atoms with Gasteiger partial charge in [0, 0.05) is 44.1 Å². The minimum Gasteiger partial charge on any atom is -0.463 e. The maximum Gasteiger partial charge on any atom is 0.338 e. The Hall–Kier alpha value is -3.39. The highest BCUT2D eigenvalue weighted by atomic mass is 19.1. The molecule has 2 aromatic carbocycles. The number of carbonyl (C=O) groups is 2. The minimum absolute atomic E-state index is 0.203. The number of nitrogens with zero attached hydrogens (tertiary/aromatic N) is 2. The number of urea groups is 1. The van der Waals surface area contributed by atoms with Gasteiger partial charge < -0.3 is 20.3 Å². The molecule has 0 radical (unpaired) electrons. The first-order valence-corrected chi connectivity index (χ1v) is 11.2. The van der Waals surface area contributed by atoms with Crippen molar-refractivity contribution in [1.29, 1.82) is 0 Å². The summed E-state index contributed by atoms with van der Waals surface area (Å²) in [5.41, 5.74) is 3.72. The number of esters is 1. The molecule has 2 aliphatic heterocycles. The van der Waals surface area contributed by atoms with E-state index in [2.05, 4.69) is 51.6 Å². The van der Waals surface area contributed by atoms with Crippen molar-refractivity contribution in [3.8, 4) is 0 Å². The van der Waals surface area contributed by atoms with Gasteiger partial charge in [0.15, 0.2) is 0 Å². The highest BCUT2D eigenvalue weighted by Gasteiger charge is 2.34. The summed E-state index contributed by atoms with van der Waals surface area (Å²) in [6.07, 6.45) is 0. The molecule has 0 spiro atoms. The van der Waals surface area contributed by atoms with E-state index in [0.717, 1.165) is 26.2 Å². The highest BCUT2D eigenvalue weighted by molar-refractivity contribution is 5.95. The van der Waals surface area contributed by atoms with Crippen LogP contribution in [0.2, 0.25) is 0 Å². The second-order valence-corrected chi connectivity index (χ2v) is 8.30. The fourth-order valence-electron chi connectivity index (χ4n) is 4.34. The lowest BCUT2D eigenvalue weighted by Crippen LogP contribution is -2.51. The predicted octanol–water partition coefficient (Wildman–Crippen LogP) is 3.13. The largest absolute Gasteiger partial charge is 0.463 e. The number of benzene rings is 2. The molecule has 2 heterocycles. The average molecular weight is 453 g/mol. The minimum atomic E-state index is -0.780. The zero-order valence-corrected chi connectivity index (χ0v) is 18.9. The summed E-state index contributed by atoms with van der Waals surface area (Å²) in [5, 5.41) is 5.55.